The van der Waals surface area contributed by atoms with Crippen LogP contribution in [0.25, 0.3) is 11.3 Å². The lowest BCUT2D eigenvalue weighted by molar-refractivity contribution is -0.122. The van der Waals surface area contributed by atoms with Crippen LogP contribution in [0.4, 0.5) is 11.4 Å². The van der Waals surface area contributed by atoms with Crippen molar-refractivity contribution in [2.75, 3.05) is 23.9 Å². The molecule has 2 aliphatic rings. The maximum atomic E-state index is 12.9. The molecule has 0 aliphatic carbocycles. The van der Waals surface area contributed by atoms with Gasteiger partial charge in [-0.1, -0.05) is 12.1 Å². The molecule has 1 N–H and O–H groups in total. The van der Waals surface area contributed by atoms with Gasteiger partial charge in [-0.3, -0.25) is 9.59 Å². The van der Waals surface area contributed by atoms with E-state index < -0.39 is 5.92 Å². The SMILES string of the molecule is COc1ccc(N2CC(C(=O)Nc3cccc(-c4cnc5n4CCC5)c3)CC2=O)cc1. The third-order valence-electron chi connectivity index (χ3n) is 6.03. The fourth-order valence-electron chi connectivity index (χ4n) is 4.38. The maximum absolute atomic E-state index is 12.9. The van der Waals surface area contributed by atoms with Crippen LogP contribution in [0.5, 0.6) is 5.75 Å². The Balaban J connectivity index is 1.28. The van der Waals surface area contributed by atoms with E-state index in [0.717, 1.165) is 53.6 Å². The number of aromatic nitrogens is 2. The van der Waals surface area contributed by atoms with Gasteiger partial charge in [0.25, 0.3) is 0 Å². The molecule has 7 nitrogen and oxygen atoms in total. The van der Waals surface area contributed by atoms with Crippen LogP contribution in [0.15, 0.2) is 54.7 Å². The van der Waals surface area contributed by atoms with E-state index in [-0.39, 0.29) is 18.2 Å². The van der Waals surface area contributed by atoms with Gasteiger partial charge >= 0.3 is 0 Å². The lowest BCUT2D eigenvalue weighted by atomic mass is 10.1. The van der Waals surface area contributed by atoms with E-state index in [2.05, 4.69) is 14.9 Å². The molecule has 3 heterocycles. The second-order valence-electron chi connectivity index (χ2n) is 7.99. The summed E-state index contributed by atoms with van der Waals surface area (Å²) in [4.78, 5) is 31.6. The second-order valence-corrected chi connectivity index (χ2v) is 7.99. The Kier molecular flexibility index (Phi) is 4.94. The number of ether oxygens (including phenoxy) is 1. The average molecular weight is 416 g/mol. The van der Waals surface area contributed by atoms with Gasteiger partial charge < -0.3 is 19.5 Å². The predicted octanol–water partition coefficient (Wildman–Crippen LogP) is 3.50. The Morgan fingerprint density at radius 1 is 1.19 bits per heavy atom. The van der Waals surface area contributed by atoms with Crippen LogP contribution in [0.2, 0.25) is 0 Å². The Labute approximate surface area is 180 Å². The zero-order valence-corrected chi connectivity index (χ0v) is 17.4. The molecule has 0 spiro atoms. The number of methoxy groups -OCH3 is 1. The van der Waals surface area contributed by atoms with Gasteiger partial charge in [0.2, 0.25) is 11.8 Å². The topological polar surface area (TPSA) is 76.5 Å². The molecule has 7 heteroatoms. The van der Waals surface area contributed by atoms with Crippen molar-refractivity contribution >= 4 is 23.2 Å². The number of hydrogen-bond donors (Lipinski definition) is 1. The highest BCUT2D eigenvalue weighted by atomic mass is 16.5. The van der Waals surface area contributed by atoms with Crippen molar-refractivity contribution < 1.29 is 14.3 Å². The van der Waals surface area contributed by atoms with E-state index >= 15 is 0 Å². The first-order valence-electron chi connectivity index (χ1n) is 10.5. The molecule has 1 aromatic heterocycles. The number of nitrogens with zero attached hydrogens (tertiary/aromatic N) is 3. The van der Waals surface area contributed by atoms with Gasteiger partial charge in [0, 0.05) is 42.9 Å². The van der Waals surface area contributed by atoms with Crippen molar-refractivity contribution in [2.24, 2.45) is 5.92 Å². The van der Waals surface area contributed by atoms with Crippen molar-refractivity contribution in [3.05, 3.63) is 60.6 Å². The first-order valence-corrected chi connectivity index (χ1v) is 10.5. The number of amides is 2. The van der Waals surface area contributed by atoms with Gasteiger partial charge in [0.1, 0.15) is 11.6 Å². The van der Waals surface area contributed by atoms with E-state index in [0.29, 0.717) is 6.54 Å². The highest BCUT2D eigenvalue weighted by Gasteiger charge is 2.35. The quantitative estimate of drug-likeness (QED) is 0.691. The molecule has 0 bridgehead atoms. The highest BCUT2D eigenvalue weighted by Crippen LogP contribution is 2.30. The number of anilines is 2. The summed E-state index contributed by atoms with van der Waals surface area (Å²) in [5, 5.41) is 3.00. The number of fused-ring (bicyclic) bond motifs is 1. The summed E-state index contributed by atoms with van der Waals surface area (Å²) < 4.78 is 7.41. The largest absolute Gasteiger partial charge is 0.497 e. The summed E-state index contributed by atoms with van der Waals surface area (Å²) in [5.41, 5.74) is 3.61. The van der Waals surface area contributed by atoms with Crippen LogP contribution in [0.1, 0.15) is 18.7 Å². The van der Waals surface area contributed by atoms with Gasteiger partial charge in [-0.15, -0.1) is 0 Å². The molecule has 1 unspecified atom stereocenters. The Bertz CT molecular complexity index is 1140. The van der Waals surface area contributed by atoms with Crippen LogP contribution in [0.3, 0.4) is 0 Å². The van der Waals surface area contributed by atoms with Gasteiger partial charge in [0.15, 0.2) is 0 Å². The summed E-state index contributed by atoms with van der Waals surface area (Å²) in [5.74, 6) is 1.27. The summed E-state index contributed by atoms with van der Waals surface area (Å²) in [6.07, 6.45) is 4.23. The minimum Gasteiger partial charge on any atom is -0.497 e. The van der Waals surface area contributed by atoms with E-state index in [4.69, 9.17) is 4.74 Å². The Morgan fingerprint density at radius 3 is 2.84 bits per heavy atom. The molecule has 2 aliphatic heterocycles. The fourth-order valence-corrected chi connectivity index (χ4v) is 4.38. The molecule has 1 saturated heterocycles. The number of benzene rings is 2. The standard InChI is InChI=1S/C24H24N4O3/c1-31-20-9-7-19(8-10-20)28-15-17(13-23(28)29)24(30)26-18-5-2-4-16(12-18)21-14-25-22-6-3-11-27(21)22/h2,4-5,7-10,12,14,17H,3,6,11,13,15H2,1H3,(H,26,30). The lowest BCUT2D eigenvalue weighted by Crippen LogP contribution is -2.28. The number of imidazole rings is 1. The van der Waals surface area contributed by atoms with Gasteiger partial charge in [-0.05, 0) is 42.8 Å². The van der Waals surface area contributed by atoms with E-state index in [1.54, 1.807) is 12.0 Å². The van der Waals surface area contributed by atoms with Crippen LogP contribution in [0, 0.1) is 5.92 Å². The molecule has 2 amide bonds. The molecular formula is C24H24N4O3. The summed E-state index contributed by atoms with van der Waals surface area (Å²) in [6, 6.07) is 15.1. The molecule has 2 aromatic carbocycles. The van der Waals surface area contributed by atoms with Crippen molar-refractivity contribution in [2.45, 2.75) is 25.8 Å². The molecule has 158 valence electrons. The fraction of sp³-hybridized carbons (Fsp3) is 0.292. The minimum atomic E-state index is -0.391. The number of carbonyl (C=O) groups excluding carboxylic acids is 2. The molecule has 1 atom stereocenters. The number of nitrogens with one attached hydrogen (secondary N) is 1. The number of carbonyl (C=O) groups is 2. The van der Waals surface area contributed by atoms with Gasteiger partial charge in [-0.25, -0.2) is 4.98 Å². The van der Waals surface area contributed by atoms with Crippen molar-refractivity contribution in [3.8, 4) is 17.0 Å². The number of aryl methyl sites for hydroxylation is 1. The third-order valence-corrected chi connectivity index (χ3v) is 6.03. The van der Waals surface area contributed by atoms with E-state index in [9.17, 15) is 9.59 Å². The third kappa shape index (κ3) is 3.67. The highest BCUT2D eigenvalue weighted by molar-refractivity contribution is 6.03. The molecular weight excluding hydrogens is 392 g/mol. The first kappa shape index (κ1) is 19.4. The summed E-state index contributed by atoms with van der Waals surface area (Å²) in [6.45, 7) is 1.35. The van der Waals surface area contributed by atoms with E-state index in [1.807, 2.05) is 54.7 Å². The Morgan fingerprint density at radius 2 is 2.03 bits per heavy atom. The molecule has 31 heavy (non-hydrogen) atoms. The molecule has 0 radical (unpaired) electrons. The minimum absolute atomic E-state index is 0.0473. The van der Waals surface area contributed by atoms with Crippen molar-refractivity contribution in [1.29, 1.82) is 0 Å². The molecule has 1 fully saturated rings. The van der Waals surface area contributed by atoms with Crippen LogP contribution < -0.4 is 15.0 Å². The molecule has 5 rings (SSSR count). The molecule has 0 saturated carbocycles. The zero-order chi connectivity index (χ0) is 21.4. The average Bonchev–Trinajstić information content (AvgIpc) is 3.50. The zero-order valence-electron chi connectivity index (χ0n) is 17.4. The summed E-state index contributed by atoms with van der Waals surface area (Å²) in [7, 11) is 1.60. The van der Waals surface area contributed by atoms with Crippen LogP contribution in [-0.4, -0.2) is 35.0 Å². The number of hydrogen-bond acceptors (Lipinski definition) is 4. The Hall–Kier alpha value is -3.61. The normalized spacial score (nSPS) is 17.6. The first-order chi connectivity index (χ1) is 15.1. The van der Waals surface area contributed by atoms with Gasteiger partial charge in [0.05, 0.1) is 24.9 Å². The smallest absolute Gasteiger partial charge is 0.229 e. The number of rotatable bonds is 5. The predicted molar refractivity (Wildman–Crippen MR) is 118 cm³/mol. The monoisotopic (exact) mass is 416 g/mol. The van der Waals surface area contributed by atoms with Crippen molar-refractivity contribution in [3.63, 3.8) is 0 Å². The van der Waals surface area contributed by atoms with E-state index in [1.165, 1.54) is 0 Å². The maximum Gasteiger partial charge on any atom is 0.229 e. The second kappa shape index (κ2) is 7.91. The van der Waals surface area contributed by atoms with Crippen LogP contribution in [-0.2, 0) is 22.6 Å². The molecule has 3 aromatic rings. The summed E-state index contributed by atoms with van der Waals surface area (Å²) >= 11 is 0. The van der Waals surface area contributed by atoms with Gasteiger partial charge in [-0.2, -0.15) is 0 Å². The van der Waals surface area contributed by atoms with Crippen LogP contribution >= 0.6 is 0 Å². The lowest BCUT2D eigenvalue weighted by Gasteiger charge is -2.17. The van der Waals surface area contributed by atoms with Crippen molar-refractivity contribution in [1.82, 2.24) is 9.55 Å².